The van der Waals surface area contributed by atoms with Crippen LogP contribution in [0.5, 0.6) is 0 Å². The summed E-state index contributed by atoms with van der Waals surface area (Å²) in [6, 6.07) is 1.88. The molecule has 2 heterocycles. The van der Waals surface area contributed by atoms with Gasteiger partial charge in [0.05, 0.1) is 0 Å². The van der Waals surface area contributed by atoms with Crippen LogP contribution in [0.25, 0.3) is 6.08 Å². The molecule has 0 atom stereocenters. The molecule has 0 spiro atoms. The number of aromatic nitrogens is 3. The first-order valence-corrected chi connectivity index (χ1v) is 6.55. The predicted octanol–water partition coefficient (Wildman–Crippen LogP) is 1.56. The van der Waals surface area contributed by atoms with Crippen molar-refractivity contribution in [3.05, 3.63) is 41.1 Å². The van der Waals surface area contributed by atoms with Gasteiger partial charge in [-0.3, -0.25) is 9.48 Å². The number of aryl methyl sites for hydroxylation is 1. The number of rotatable bonds is 6. The molecular formula is C12H14N4OS. The Balaban J connectivity index is 1.63. The Morgan fingerprint density at radius 2 is 2.44 bits per heavy atom. The van der Waals surface area contributed by atoms with E-state index in [-0.39, 0.29) is 5.91 Å². The van der Waals surface area contributed by atoms with Gasteiger partial charge in [0, 0.05) is 43.1 Å². The molecule has 2 rings (SSSR count). The lowest BCUT2D eigenvalue weighted by Gasteiger charge is -2.02. The van der Waals surface area contributed by atoms with Crippen molar-refractivity contribution in [2.75, 3.05) is 6.54 Å². The van der Waals surface area contributed by atoms with Gasteiger partial charge in [0.2, 0.25) is 5.91 Å². The minimum atomic E-state index is -0.0920. The lowest BCUT2D eigenvalue weighted by atomic mass is 10.4. The minimum absolute atomic E-state index is 0.0920. The van der Waals surface area contributed by atoms with Crippen molar-refractivity contribution in [3.8, 4) is 0 Å². The van der Waals surface area contributed by atoms with E-state index in [1.54, 1.807) is 18.5 Å². The molecule has 0 bridgehead atoms. The van der Waals surface area contributed by atoms with E-state index in [9.17, 15) is 4.79 Å². The summed E-state index contributed by atoms with van der Waals surface area (Å²) >= 11 is 1.50. The maximum Gasteiger partial charge on any atom is 0.244 e. The van der Waals surface area contributed by atoms with Gasteiger partial charge in [-0.05, 0) is 18.6 Å². The summed E-state index contributed by atoms with van der Waals surface area (Å²) in [7, 11) is 0. The normalized spacial score (nSPS) is 10.9. The van der Waals surface area contributed by atoms with Crippen LogP contribution in [0.3, 0.4) is 0 Å². The average Bonchev–Trinajstić information content (AvgIpc) is 3.04. The number of hydrogen-bond acceptors (Lipinski definition) is 4. The molecule has 2 aromatic heterocycles. The Hall–Kier alpha value is -1.95. The molecule has 0 aliphatic carbocycles. The summed E-state index contributed by atoms with van der Waals surface area (Å²) in [6.45, 7) is 1.45. The Bertz CT molecular complexity index is 490. The van der Waals surface area contributed by atoms with E-state index in [2.05, 4.69) is 15.4 Å². The zero-order valence-corrected chi connectivity index (χ0v) is 10.6. The highest BCUT2D eigenvalue weighted by Crippen LogP contribution is 2.05. The van der Waals surface area contributed by atoms with Crippen molar-refractivity contribution in [2.24, 2.45) is 0 Å². The summed E-state index contributed by atoms with van der Waals surface area (Å²) in [5, 5.41) is 9.62. The molecule has 94 valence electrons. The number of carbonyl (C=O) groups excluding carboxylic acids is 1. The van der Waals surface area contributed by atoms with Crippen LogP contribution in [-0.2, 0) is 11.3 Å². The van der Waals surface area contributed by atoms with Crippen LogP contribution in [0.4, 0.5) is 0 Å². The SMILES string of the molecule is O=C(/C=C/c1nccs1)NCCCn1cccn1. The smallest absolute Gasteiger partial charge is 0.244 e. The zero-order valence-electron chi connectivity index (χ0n) is 9.82. The highest BCUT2D eigenvalue weighted by Gasteiger charge is 1.96. The summed E-state index contributed by atoms with van der Waals surface area (Å²) in [5.74, 6) is -0.0920. The first-order valence-electron chi connectivity index (χ1n) is 5.67. The van der Waals surface area contributed by atoms with Gasteiger partial charge in [-0.2, -0.15) is 5.10 Å². The molecular weight excluding hydrogens is 248 g/mol. The standard InChI is InChI=1S/C12H14N4OS/c17-11(3-4-12-14-7-10-18-12)13-5-1-8-16-9-2-6-15-16/h2-4,6-7,9-10H,1,5,8H2,(H,13,17)/b4-3+. The molecule has 0 saturated carbocycles. The molecule has 1 N–H and O–H groups in total. The Morgan fingerprint density at radius 1 is 1.50 bits per heavy atom. The molecule has 0 aliphatic rings. The third-order valence-electron chi connectivity index (χ3n) is 2.25. The highest BCUT2D eigenvalue weighted by atomic mass is 32.1. The van der Waals surface area contributed by atoms with Crippen molar-refractivity contribution in [1.29, 1.82) is 0 Å². The van der Waals surface area contributed by atoms with Crippen molar-refractivity contribution in [1.82, 2.24) is 20.1 Å². The maximum absolute atomic E-state index is 11.5. The first-order chi connectivity index (χ1) is 8.84. The Morgan fingerprint density at radius 3 is 3.17 bits per heavy atom. The fraction of sp³-hybridized carbons (Fsp3) is 0.250. The quantitative estimate of drug-likeness (QED) is 0.635. The molecule has 0 fully saturated rings. The van der Waals surface area contributed by atoms with Gasteiger partial charge in [-0.15, -0.1) is 11.3 Å². The summed E-state index contributed by atoms with van der Waals surface area (Å²) in [4.78, 5) is 15.5. The molecule has 0 aliphatic heterocycles. The van der Waals surface area contributed by atoms with Crippen LogP contribution < -0.4 is 5.32 Å². The van der Waals surface area contributed by atoms with Crippen molar-refractivity contribution in [2.45, 2.75) is 13.0 Å². The van der Waals surface area contributed by atoms with Gasteiger partial charge >= 0.3 is 0 Å². The van der Waals surface area contributed by atoms with Gasteiger partial charge < -0.3 is 5.32 Å². The Kier molecular flexibility index (Phi) is 4.66. The molecule has 18 heavy (non-hydrogen) atoms. The van der Waals surface area contributed by atoms with Crippen LogP contribution in [0.15, 0.2) is 36.1 Å². The maximum atomic E-state index is 11.5. The zero-order chi connectivity index (χ0) is 12.6. The Labute approximate surface area is 109 Å². The van der Waals surface area contributed by atoms with Crippen LogP contribution in [-0.4, -0.2) is 27.2 Å². The lowest BCUT2D eigenvalue weighted by Crippen LogP contribution is -2.23. The molecule has 1 amide bonds. The van der Waals surface area contributed by atoms with Crippen molar-refractivity contribution in [3.63, 3.8) is 0 Å². The van der Waals surface area contributed by atoms with Crippen LogP contribution in [0.2, 0.25) is 0 Å². The minimum Gasteiger partial charge on any atom is -0.352 e. The molecule has 2 aromatic rings. The van der Waals surface area contributed by atoms with Crippen molar-refractivity contribution >= 4 is 23.3 Å². The van der Waals surface area contributed by atoms with Gasteiger partial charge in [0.25, 0.3) is 0 Å². The summed E-state index contributed by atoms with van der Waals surface area (Å²) < 4.78 is 1.84. The average molecular weight is 262 g/mol. The molecule has 6 heteroatoms. The van der Waals surface area contributed by atoms with Gasteiger partial charge in [-0.1, -0.05) is 0 Å². The summed E-state index contributed by atoms with van der Waals surface area (Å²) in [6.07, 6.45) is 9.45. The second kappa shape index (κ2) is 6.70. The lowest BCUT2D eigenvalue weighted by molar-refractivity contribution is -0.116. The fourth-order valence-corrected chi connectivity index (χ4v) is 1.94. The molecule has 0 radical (unpaired) electrons. The third kappa shape index (κ3) is 4.14. The van der Waals surface area contributed by atoms with Gasteiger partial charge in [-0.25, -0.2) is 4.98 Å². The number of hydrogen-bond donors (Lipinski definition) is 1. The number of carbonyl (C=O) groups is 1. The van der Waals surface area contributed by atoms with Gasteiger partial charge in [0.1, 0.15) is 5.01 Å². The number of amides is 1. The van der Waals surface area contributed by atoms with E-state index in [4.69, 9.17) is 0 Å². The molecule has 5 nitrogen and oxygen atoms in total. The van der Waals surface area contributed by atoms with E-state index < -0.39 is 0 Å². The van der Waals surface area contributed by atoms with Crippen molar-refractivity contribution < 1.29 is 4.79 Å². The number of nitrogens with zero attached hydrogens (tertiary/aromatic N) is 3. The monoisotopic (exact) mass is 262 g/mol. The number of nitrogens with one attached hydrogen (secondary N) is 1. The second-order valence-electron chi connectivity index (χ2n) is 3.62. The van der Waals surface area contributed by atoms with Crippen LogP contribution in [0.1, 0.15) is 11.4 Å². The van der Waals surface area contributed by atoms with E-state index >= 15 is 0 Å². The molecule has 0 saturated heterocycles. The molecule has 0 unspecified atom stereocenters. The molecule has 0 aromatic carbocycles. The fourth-order valence-electron chi connectivity index (χ4n) is 1.41. The largest absolute Gasteiger partial charge is 0.352 e. The number of thiazole rings is 1. The van der Waals surface area contributed by atoms with E-state index in [0.29, 0.717) is 6.54 Å². The van der Waals surface area contributed by atoms with Crippen LogP contribution >= 0.6 is 11.3 Å². The summed E-state index contributed by atoms with van der Waals surface area (Å²) in [5.41, 5.74) is 0. The van der Waals surface area contributed by atoms with E-state index in [1.165, 1.54) is 17.4 Å². The van der Waals surface area contributed by atoms with E-state index in [0.717, 1.165) is 18.0 Å². The second-order valence-corrected chi connectivity index (χ2v) is 4.54. The van der Waals surface area contributed by atoms with Gasteiger partial charge in [0.15, 0.2) is 0 Å². The highest BCUT2D eigenvalue weighted by molar-refractivity contribution is 7.10. The predicted molar refractivity (Wildman–Crippen MR) is 71.0 cm³/mol. The first kappa shape index (κ1) is 12.5. The van der Waals surface area contributed by atoms with Crippen LogP contribution in [0, 0.1) is 0 Å². The van der Waals surface area contributed by atoms with E-state index in [1.807, 2.05) is 22.3 Å². The topological polar surface area (TPSA) is 59.8 Å². The third-order valence-corrected chi connectivity index (χ3v) is 2.99.